The number of thiazole rings is 2. The van der Waals surface area contributed by atoms with E-state index in [2.05, 4.69) is 65.8 Å². The second-order valence-electron chi connectivity index (χ2n) is 18.7. The van der Waals surface area contributed by atoms with Gasteiger partial charge in [0.05, 0.1) is 42.0 Å². The second-order valence-corrected chi connectivity index (χ2v) is 23.3. The molecule has 0 spiro atoms. The van der Waals surface area contributed by atoms with Gasteiger partial charge in [-0.05, 0) is 75.6 Å². The number of fused-ring (bicyclic) bond motifs is 1. The van der Waals surface area contributed by atoms with Gasteiger partial charge >= 0.3 is 0 Å². The Labute approximate surface area is 403 Å². The molecule has 0 N–H and O–H groups in total. The maximum absolute atomic E-state index is 15.3. The van der Waals surface area contributed by atoms with Crippen LogP contribution >= 0.6 is 45.3 Å². The zero-order valence-corrected chi connectivity index (χ0v) is 43.5. The first-order chi connectivity index (χ1) is 31.3. The summed E-state index contributed by atoms with van der Waals surface area (Å²) in [4.78, 5) is 51.0. The predicted octanol–water partition coefficient (Wildman–Crippen LogP) is 17.2. The lowest BCUT2D eigenvalue weighted by Crippen LogP contribution is -2.31. The van der Waals surface area contributed by atoms with Gasteiger partial charge in [-0.2, -0.15) is 0 Å². The van der Waals surface area contributed by atoms with Crippen molar-refractivity contribution in [3.63, 3.8) is 0 Å². The van der Waals surface area contributed by atoms with Crippen molar-refractivity contribution in [3.8, 4) is 19.8 Å². The molecule has 10 heteroatoms. The fraction of sp³-hybridized carbons (Fsp3) is 0.630. The molecule has 6 nitrogen and oxygen atoms in total. The molecule has 4 aromatic heterocycles. The molecule has 2 aliphatic rings. The number of hydrogen-bond donors (Lipinski definition) is 0. The van der Waals surface area contributed by atoms with Crippen LogP contribution in [0.5, 0.6) is 0 Å². The van der Waals surface area contributed by atoms with Crippen molar-refractivity contribution < 1.29 is 9.59 Å². The lowest BCUT2D eigenvalue weighted by atomic mass is 9.90. The third-order valence-corrected chi connectivity index (χ3v) is 17.8. The van der Waals surface area contributed by atoms with Crippen LogP contribution in [-0.4, -0.2) is 44.7 Å². The Hall–Kier alpha value is -2.92. The average Bonchev–Trinajstić information content (AvgIpc) is 4.17. The molecule has 2 amide bonds. The molecule has 2 aliphatic heterocycles. The SMILES string of the molecule is CCCCCCC(CCCCCC)CCCN1C(=O)C2=C(c3cnc(-c4ccc(C)s4)s3)N(CCCC(CCCCCC)CCCCCC)C(=O)C2=C1c1cnc(-c2ccc(C)s2)s1. The van der Waals surface area contributed by atoms with Crippen molar-refractivity contribution in [3.05, 3.63) is 67.3 Å². The molecule has 0 unspecified atom stereocenters. The lowest BCUT2D eigenvalue weighted by molar-refractivity contribution is -0.124. The van der Waals surface area contributed by atoms with Gasteiger partial charge in [0.1, 0.15) is 10.0 Å². The highest BCUT2D eigenvalue weighted by Crippen LogP contribution is 2.50. The summed E-state index contributed by atoms with van der Waals surface area (Å²) in [5, 5.41) is 1.88. The molecule has 0 radical (unpaired) electrons. The molecule has 0 saturated heterocycles. The highest BCUT2D eigenvalue weighted by molar-refractivity contribution is 7.23. The van der Waals surface area contributed by atoms with Crippen LogP contribution in [-0.2, 0) is 9.59 Å². The molecule has 0 bridgehead atoms. The topological polar surface area (TPSA) is 66.4 Å². The summed E-state index contributed by atoms with van der Waals surface area (Å²) in [5.41, 5.74) is 2.69. The van der Waals surface area contributed by atoms with E-state index in [1.165, 1.54) is 138 Å². The number of amides is 2. The van der Waals surface area contributed by atoms with Crippen molar-refractivity contribution in [2.45, 2.75) is 196 Å². The number of nitrogens with zero attached hydrogens (tertiary/aromatic N) is 4. The minimum atomic E-state index is -0.0353. The Kier molecular flexibility index (Phi) is 20.8. The second kappa shape index (κ2) is 26.4. The molecule has 0 aliphatic carbocycles. The smallest absolute Gasteiger partial charge is 0.261 e. The van der Waals surface area contributed by atoms with Gasteiger partial charge in [0, 0.05) is 35.2 Å². The minimum absolute atomic E-state index is 0.0353. The molecule has 6 rings (SSSR count). The van der Waals surface area contributed by atoms with Gasteiger partial charge in [0.2, 0.25) is 0 Å². The van der Waals surface area contributed by atoms with E-state index in [0.717, 1.165) is 66.6 Å². The van der Waals surface area contributed by atoms with E-state index in [9.17, 15) is 0 Å². The van der Waals surface area contributed by atoms with E-state index in [1.807, 2.05) is 22.2 Å². The quantitative estimate of drug-likeness (QED) is 0.0458. The average molecular weight is 944 g/mol. The fourth-order valence-electron chi connectivity index (χ4n) is 9.81. The standard InChI is InChI=1S/C54H78N4O2S4/c1-7-11-15-19-25-41(26-20-16-12-8-2)29-23-35-57-49(45-37-55-51(63-45)43-33-31-39(5)61-43)47-48(53(57)59)50(46-38-56-52(64-46)44-34-32-40(6)62-44)58(54(47)60)36-24-30-42(27-21-17-13-9-3)28-22-18-14-10-4/h31-34,37-38,41-42H,7-30,35-36H2,1-6H3. The molecule has 0 fully saturated rings. The van der Waals surface area contributed by atoms with Crippen molar-refractivity contribution in [1.82, 2.24) is 19.8 Å². The number of aryl methyl sites for hydroxylation is 2. The van der Waals surface area contributed by atoms with Gasteiger partial charge in [-0.3, -0.25) is 9.59 Å². The summed E-state index contributed by atoms with van der Waals surface area (Å²) in [6.07, 6.45) is 33.6. The van der Waals surface area contributed by atoms with E-state index in [4.69, 9.17) is 9.97 Å². The maximum atomic E-state index is 15.3. The Morgan fingerprint density at radius 2 is 0.781 bits per heavy atom. The number of rotatable bonds is 32. The first-order valence-electron chi connectivity index (χ1n) is 25.5. The van der Waals surface area contributed by atoms with E-state index >= 15 is 9.59 Å². The predicted molar refractivity (Wildman–Crippen MR) is 278 cm³/mol. The van der Waals surface area contributed by atoms with Crippen LogP contribution in [0, 0.1) is 25.7 Å². The van der Waals surface area contributed by atoms with Crippen LogP contribution in [0.15, 0.2) is 47.8 Å². The number of thiophene rings is 2. The van der Waals surface area contributed by atoms with E-state index in [1.54, 1.807) is 45.3 Å². The van der Waals surface area contributed by atoms with Crippen molar-refractivity contribution >= 4 is 68.6 Å². The minimum Gasteiger partial charge on any atom is -0.306 e. The molecule has 350 valence electrons. The molecular formula is C54H78N4O2S4. The third kappa shape index (κ3) is 13.6. The van der Waals surface area contributed by atoms with Crippen LogP contribution in [0.1, 0.15) is 201 Å². The zero-order chi connectivity index (χ0) is 45.3. The van der Waals surface area contributed by atoms with E-state index in [0.29, 0.717) is 36.1 Å². The van der Waals surface area contributed by atoms with Crippen LogP contribution in [0.3, 0.4) is 0 Å². The number of carbonyl (C=O) groups is 2. The summed E-state index contributed by atoms with van der Waals surface area (Å²) in [6, 6.07) is 8.57. The molecular weight excluding hydrogens is 865 g/mol. The molecule has 0 atom stereocenters. The van der Waals surface area contributed by atoms with Crippen molar-refractivity contribution in [2.24, 2.45) is 11.8 Å². The molecule has 64 heavy (non-hydrogen) atoms. The summed E-state index contributed by atoms with van der Waals surface area (Å²) < 4.78 is 0. The number of carbonyl (C=O) groups excluding carboxylic acids is 2. The number of aromatic nitrogens is 2. The molecule has 6 heterocycles. The Bertz CT molecular complexity index is 1950. The van der Waals surface area contributed by atoms with Gasteiger partial charge in [-0.25, -0.2) is 9.97 Å². The summed E-state index contributed by atoms with van der Waals surface area (Å²) in [6.45, 7) is 14.6. The monoisotopic (exact) mass is 943 g/mol. The molecule has 4 aromatic rings. The van der Waals surface area contributed by atoms with Gasteiger partial charge in [0.15, 0.2) is 0 Å². The van der Waals surface area contributed by atoms with Crippen molar-refractivity contribution in [2.75, 3.05) is 13.1 Å². The van der Waals surface area contributed by atoms with Crippen LogP contribution in [0.25, 0.3) is 31.2 Å². The fourth-order valence-corrected chi connectivity index (χ4v) is 13.6. The highest BCUT2D eigenvalue weighted by Gasteiger charge is 2.49. The maximum Gasteiger partial charge on any atom is 0.261 e. The van der Waals surface area contributed by atoms with Crippen LogP contribution < -0.4 is 0 Å². The first kappa shape index (κ1) is 50.5. The Balaban J connectivity index is 1.33. The Morgan fingerprint density at radius 3 is 1.09 bits per heavy atom. The van der Waals surface area contributed by atoms with Crippen LogP contribution in [0.4, 0.5) is 0 Å². The van der Waals surface area contributed by atoms with E-state index < -0.39 is 0 Å². The third-order valence-electron chi connectivity index (χ3n) is 13.4. The lowest BCUT2D eigenvalue weighted by Gasteiger charge is -2.25. The van der Waals surface area contributed by atoms with Crippen LogP contribution in [0.2, 0.25) is 0 Å². The Morgan fingerprint density at radius 1 is 0.438 bits per heavy atom. The first-order valence-corrected chi connectivity index (χ1v) is 28.7. The summed E-state index contributed by atoms with van der Waals surface area (Å²) >= 11 is 6.71. The van der Waals surface area contributed by atoms with Gasteiger partial charge in [-0.15, -0.1) is 45.3 Å². The number of unbranched alkanes of at least 4 members (excludes halogenated alkanes) is 12. The van der Waals surface area contributed by atoms with E-state index in [-0.39, 0.29) is 11.8 Å². The summed E-state index contributed by atoms with van der Waals surface area (Å²) in [5.74, 6) is 1.27. The summed E-state index contributed by atoms with van der Waals surface area (Å²) in [7, 11) is 0. The van der Waals surface area contributed by atoms with Gasteiger partial charge in [0.25, 0.3) is 11.8 Å². The number of hydrogen-bond acceptors (Lipinski definition) is 8. The van der Waals surface area contributed by atoms with Gasteiger partial charge in [-0.1, -0.05) is 156 Å². The molecule has 0 aromatic carbocycles. The molecule has 0 saturated carbocycles. The highest BCUT2D eigenvalue weighted by atomic mass is 32.1. The van der Waals surface area contributed by atoms with Gasteiger partial charge < -0.3 is 9.80 Å². The zero-order valence-electron chi connectivity index (χ0n) is 40.2. The normalized spacial score (nSPS) is 14.3. The largest absolute Gasteiger partial charge is 0.306 e. The van der Waals surface area contributed by atoms with Crippen molar-refractivity contribution in [1.29, 1.82) is 0 Å².